The molecule has 2 saturated heterocycles. The summed E-state index contributed by atoms with van der Waals surface area (Å²) in [4.78, 5) is 11.2. The molecule has 0 unspecified atom stereocenters. The highest BCUT2D eigenvalue weighted by Gasteiger charge is 2.38. The van der Waals surface area contributed by atoms with Gasteiger partial charge in [-0.1, -0.05) is 11.2 Å². The van der Waals surface area contributed by atoms with Crippen molar-refractivity contribution in [2.75, 3.05) is 43.5 Å². The summed E-state index contributed by atoms with van der Waals surface area (Å²) in [7, 11) is 0. The molecular weight excluding hydrogens is 469 g/mol. The Morgan fingerprint density at radius 3 is 2.77 bits per heavy atom. The highest BCUT2D eigenvalue weighted by Crippen LogP contribution is 2.43. The number of halogens is 1. The molecule has 0 amide bonds. The molecule has 0 radical (unpaired) electrons. The van der Waals surface area contributed by atoms with E-state index in [1.807, 2.05) is 6.20 Å². The number of nitrogen functional groups attached to an aromatic ring is 1. The zero-order valence-corrected chi connectivity index (χ0v) is 20.4. The van der Waals surface area contributed by atoms with Crippen molar-refractivity contribution in [3.8, 4) is 16.9 Å². The van der Waals surface area contributed by atoms with Crippen LogP contribution in [0.2, 0.25) is 0 Å². The van der Waals surface area contributed by atoms with Crippen molar-refractivity contribution in [3.05, 3.63) is 36.5 Å². The Balaban J connectivity index is 1.27. The van der Waals surface area contributed by atoms with Crippen LogP contribution >= 0.6 is 0 Å². The highest BCUT2D eigenvalue weighted by molar-refractivity contribution is 7.91. The van der Waals surface area contributed by atoms with Gasteiger partial charge in [0.05, 0.1) is 11.5 Å². The summed E-state index contributed by atoms with van der Waals surface area (Å²) in [6.45, 7) is 2.99. The number of hydrogen-bond acceptors (Lipinski definition) is 7. The molecule has 2 N–H and O–H groups in total. The van der Waals surface area contributed by atoms with Crippen molar-refractivity contribution in [2.45, 2.75) is 43.9 Å². The van der Waals surface area contributed by atoms with Gasteiger partial charge < -0.3 is 24.3 Å². The number of nitrogens with zero attached hydrogens (tertiary/aromatic N) is 4. The van der Waals surface area contributed by atoms with Crippen LogP contribution in [-0.4, -0.2) is 73.9 Å². The smallest absolute Gasteiger partial charge is 0.146 e. The zero-order chi connectivity index (χ0) is 23.9. The zero-order valence-electron chi connectivity index (χ0n) is 19.6. The lowest BCUT2D eigenvalue weighted by Crippen LogP contribution is -2.51. The largest absolute Gasteiger partial charge is 0.616 e. The molecule has 3 fully saturated rings. The first-order valence-electron chi connectivity index (χ1n) is 12.3. The lowest BCUT2D eigenvalue weighted by atomic mass is 9.85. The Morgan fingerprint density at radius 2 is 2.00 bits per heavy atom. The quantitative estimate of drug-likeness (QED) is 0.520. The number of nitrogens with two attached hydrogens (primary N) is 1. The van der Waals surface area contributed by atoms with Crippen molar-refractivity contribution in [1.29, 1.82) is 0 Å². The predicted octanol–water partition coefficient (Wildman–Crippen LogP) is 3.15. The summed E-state index contributed by atoms with van der Waals surface area (Å²) < 4.78 is 40.5. The maximum absolute atomic E-state index is 15.1. The summed E-state index contributed by atoms with van der Waals surface area (Å²) in [5.74, 6) is 2.10. The van der Waals surface area contributed by atoms with E-state index in [9.17, 15) is 4.55 Å². The molecule has 1 aliphatic carbocycles. The minimum absolute atomic E-state index is 0.0842. The van der Waals surface area contributed by atoms with Crippen molar-refractivity contribution in [1.82, 2.24) is 19.4 Å². The van der Waals surface area contributed by atoms with Crippen LogP contribution in [0.5, 0.6) is 5.75 Å². The van der Waals surface area contributed by atoms with Gasteiger partial charge in [-0.15, -0.1) is 0 Å². The molecule has 2 aromatic heterocycles. The van der Waals surface area contributed by atoms with Crippen LogP contribution in [0, 0.1) is 5.82 Å². The number of fused-ring (bicyclic) bond motifs is 1. The average molecular weight is 500 g/mol. The van der Waals surface area contributed by atoms with Gasteiger partial charge in [0.15, 0.2) is 0 Å². The van der Waals surface area contributed by atoms with E-state index in [2.05, 4.69) is 19.4 Å². The van der Waals surface area contributed by atoms with Gasteiger partial charge in [0.1, 0.15) is 47.5 Å². The molecule has 186 valence electrons. The molecule has 6 rings (SSSR count). The second kappa shape index (κ2) is 9.57. The standard InChI is InChI=1S/C25H30FN5O3S/c26-22-4-3-18(34-14-19-2-1-7-33-19)12-20(22)21-13-31(25-23(21)24(27)28-15-29-25)17-10-16(11-17)30-5-8-35(32)9-6-30/h3-4,12-13,15-17,19H,1-2,5-11,14H2,(H2,27,28,29)/t16-,17+,19-/m1/s1. The number of anilines is 1. The van der Waals surface area contributed by atoms with Gasteiger partial charge in [0.25, 0.3) is 0 Å². The third-order valence-electron chi connectivity index (χ3n) is 7.54. The number of rotatable bonds is 6. The fourth-order valence-corrected chi connectivity index (χ4v) is 6.54. The lowest BCUT2D eigenvalue weighted by Gasteiger charge is -2.44. The molecule has 10 heteroatoms. The maximum Gasteiger partial charge on any atom is 0.146 e. The van der Waals surface area contributed by atoms with Gasteiger partial charge >= 0.3 is 0 Å². The maximum atomic E-state index is 15.1. The molecule has 3 aliphatic rings. The third-order valence-corrected chi connectivity index (χ3v) is 8.81. The number of hydrogen-bond donors (Lipinski definition) is 1. The van der Waals surface area contributed by atoms with Gasteiger partial charge in [0, 0.05) is 49.1 Å². The van der Waals surface area contributed by atoms with Crippen LogP contribution in [0.3, 0.4) is 0 Å². The Bertz CT molecular complexity index is 1200. The van der Waals surface area contributed by atoms with Crippen LogP contribution in [0.15, 0.2) is 30.7 Å². The van der Waals surface area contributed by atoms with E-state index in [0.29, 0.717) is 40.7 Å². The molecule has 1 atom stereocenters. The van der Waals surface area contributed by atoms with Crippen molar-refractivity contribution in [3.63, 3.8) is 0 Å². The molecule has 2 aliphatic heterocycles. The van der Waals surface area contributed by atoms with E-state index < -0.39 is 11.2 Å². The van der Waals surface area contributed by atoms with Gasteiger partial charge in [-0.2, -0.15) is 0 Å². The topological polar surface area (TPSA) is 101 Å². The summed E-state index contributed by atoms with van der Waals surface area (Å²) in [6.07, 6.45) is 7.49. The molecular formula is C25H30FN5O3S. The molecule has 1 aromatic carbocycles. The molecule has 3 aromatic rings. The minimum atomic E-state index is -0.677. The second-order valence-electron chi connectivity index (χ2n) is 9.66. The molecule has 0 spiro atoms. The summed E-state index contributed by atoms with van der Waals surface area (Å²) >= 11 is -0.677. The summed E-state index contributed by atoms with van der Waals surface area (Å²) in [5.41, 5.74) is 8.11. The fraction of sp³-hybridized carbons (Fsp3) is 0.520. The van der Waals surface area contributed by atoms with Gasteiger partial charge in [-0.25, -0.2) is 14.4 Å². The van der Waals surface area contributed by atoms with Crippen molar-refractivity contribution < 1.29 is 18.4 Å². The van der Waals surface area contributed by atoms with Crippen LogP contribution in [0.4, 0.5) is 10.2 Å². The Labute approximate surface area is 206 Å². The van der Waals surface area contributed by atoms with E-state index in [4.69, 9.17) is 15.2 Å². The minimum Gasteiger partial charge on any atom is -0.616 e. The third kappa shape index (κ3) is 4.48. The first kappa shape index (κ1) is 23.0. The number of aromatic nitrogens is 3. The number of benzene rings is 1. The molecule has 35 heavy (non-hydrogen) atoms. The van der Waals surface area contributed by atoms with E-state index in [-0.39, 0.29) is 18.0 Å². The van der Waals surface area contributed by atoms with Gasteiger partial charge in [-0.05, 0) is 43.9 Å². The molecule has 1 saturated carbocycles. The van der Waals surface area contributed by atoms with Gasteiger partial charge in [0.2, 0.25) is 0 Å². The first-order chi connectivity index (χ1) is 17.1. The van der Waals surface area contributed by atoms with E-state index in [1.54, 1.807) is 12.1 Å². The predicted molar refractivity (Wildman–Crippen MR) is 133 cm³/mol. The Kier molecular flexibility index (Phi) is 6.30. The fourth-order valence-electron chi connectivity index (χ4n) is 5.46. The van der Waals surface area contributed by atoms with Crippen LogP contribution in [0.25, 0.3) is 22.2 Å². The molecule has 8 nitrogen and oxygen atoms in total. The summed E-state index contributed by atoms with van der Waals surface area (Å²) in [6, 6.07) is 5.54. The molecule has 4 heterocycles. The van der Waals surface area contributed by atoms with E-state index in [0.717, 1.165) is 62.5 Å². The first-order valence-corrected chi connectivity index (χ1v) is 13.8. The Morgan fingerprint density at radius 1 is 1.17 bits per heavy atom. The van der Waals surface area contributed by atoms with Gasteiger partial charge in [-0.3, -0.25) is 4.90 Å². The number of ether oxygens (including phenoxy) is 2. The normalized spacial score (nSPS) is 25.7. The lowest BCUT2D eigenvalue weighted by molar-refractivity contribution is 0.0679. The molecule has 0 bridgehead atoms. The summed E-state index contributed by atoms with van der Waals surface area (Å²) in [5, 5.41) is 0.666. The van der Waals surface area contributed by atoms with E-state index >= 15 is 4.39 Å². The Hall–Kier alpha value is -2.40. The average Bonchev–Trinajstić information content (AvgIpc) is 3.48. The monoisotopic (exact) mass is 499 g/mol. The van der Waals surface area contributed by atoms with Crippen molar-refractivity contribution >= 4 is 28.0 Å². The second-order valence-corrected chi connectivity index (χ2v) is 11.4. The van der Waals surface area contributed by atoms with E-state index in [1.165, 1.54) is 12.4 Å². The van der Waals surface area contributed by atoms with Crippen LogP contribution < -0.4 is 10.5 Å². The van der Waals surface area contributed by atoms with Crippen LogP contribution in [-0.2, 0) is 15.9 Å². The highest BCUT2D eigenvalue weighted by atomic mass is 32.2. The van der Waals surface area contributed by atoms with Crippen LogP contribution in [0.1, 0.15) is 31.7 Å². The van der Waals surface area contributed by atoms with Crippen molar-refractivity contribution in [2.24, 2.45) is 0 Å². The SMILES string of the molecule is Nc1ncnc2c1c(-c1cc(OC[C@H]3CCCO3)ccc1F)cn2[C@H]1C[C@@H](N2CC[S+]([O-])CC2)C1.